The molecule has 146 valence electrons. The third-order valence-corrected chi connectivity index (χ3v) is 6.49. The second-order valence-electron chi connectivity index (χ2n) is 7.31. The number of benzene rings is 1. The fraction of sp³-hybridized carbons (Fsp3) is 0.421. The average Bonchev–Trinajstić information content (AvgIpc) is 3.19. The van der Waals surface area contributed by atoms with Gasteiger partial charge in [-0.2, -0.15) is 13.2 Å². The zero-order valence-electron chi connectivity index (χ0n) is 14.8. The normalized spacial score (nSPS) is 22.3. The van der Waals surface area contributed by atoms with E-state index < -0.39 is 37.2 Å². The van der Waals surface area contributed by atoms with Crippen molar-refractivity contribution < 1.29 is 21.3 Å². The molecule has 2 aromatic rings. The first-order valence-corrected chi connectivity index (χ1v) is 10.6. The zero-order valence-corrected chi connectivity index (χ0v) is 17.0. The first-order valence-electron chi connectivity index (χ1n) is 8.45. The Morgan fingerprint density at radius 1 is 1.22 bits per heavy atom. The SMILES string of the molecule is CC1(C)C(CNc2ccc(C(F)(F)F)nc2)C1c1ccc(C(O)I=O)cc1. The molecule has 1 fully saturated rings. The van der Waals surface area contributed by atoms with Crippen molar-refractivity contribution in [2.45, 2.75) is 30.1 Å². The molecule has 3 unspecified atom stereocenters. The van der Waals surface area contributed by atoms with Crippen molar-refractivity contribution in [3.63, 3.8) is 0 Å². The highest BCUT2D eigenvalue weighted by Crippen LogP contribution is 2.64. The van der Waals surface area contributed by atoms with Crippen LogP contribution in [0.2, 0.25) is 0 Å². The third kappa shape index (κ3) is 4.31. The van der Waals surface area contributed by atoms with E-state index in [1.54, 1.807) is 12.1 Å². The van der Waals surface area contributed by atoms with Gasteiger partial charge in [-0.3, -0.25) is 3.07 Å². The Bertz CT molecular complexity index is 807. The smallest absolute Gasteiger partial charge is 0.383 e. The second-order valence-corrected chi connectivity index (χ2v) is 9.00. The maximum Gasteiger partial charge on any atom is 0.433 e. The number of anilines is 1. The summed E-state index contributed by atoms with van der Waals surface area (Å²) in [5.74, 6) is 0.628. The van der Waals surface area contributed by atoms with Gasteiger partial charge in [-0.05, 0) is 40.5 Å². The minimum absolute atomic E-state index is 0.0535. The molecule has 0 bridgehead atoms. The first kappa shape index (κ1) is 20.2. The molecular formula is C19H20F3IN2O2. The van der Waals surface area contributed by atoms with Gasteiger partial charge in [-0.1, -0.05) is 38.1 Å². The molecule has 3 rings (SSSR count). The predicted molar refractivity (Wildman–Crippen MR) is 104 cm³/mol. The summed E-state index contributed by atoms with van der Waals surface area (Å²) in [6.45, 7) is 4.93. The van der Waals surface area contributed by atoms with E-state index in [9.17, 15) is 21.3 Å². The van der Waals surface area contributed by atoms with Crippen LogP contribution in [0.1, 0.15) is 40.7 Å². The molecule has 8 heteroatoms. The zero-order chi connectivity index (χ0) is 19.8. The standard InChI is InChI=1S/C19H20F3IN2O2/c1-18(2)14(10-24-13-7-8-15(25-9-13)19(20,21)22)16(18)11-3-5-12(6-4-11)17(26)23-27/h3-9,14,16-17,24,26H,10H2,1-2H3. The first-order chi connectivity index (χ1) is 12.6. The van der Waals surface area contributed by atoms with Crippen LogP contribution in [0.4, 0.5) is 18.9 Å². The van der Waals surface area contributed by atoms with Crippen LogP contribution in [-0.4, -0.2) is 16.6 Å². The number of nitrogens with zero attached hydrogens (tertiary/aromatic N) is 1. The Morgan fingerprint density at radius 2 is 1.89 bits per heavy atom. The van der Waals surface area contributed by atoms with Gasteiger partial charge >= 0.3 is 6.18 Å². The largest absolute Gasteiger partial charge is 0.433 e. The summed E-state index contributed by atoms with van der Waals surface area (Å²) in [6, 6.07) is 9.86. The minimum atomic E-state index is -4.43. The number of rotatable bonds is 6. The number of hydrogen-bond acceptors (Lipinski definition) is 4. The molecule has 1 aromatic carbocycles. The van der Waals surface area contributed by atoms with Gasteiger partial charge in [-0.15, -0.1) is 0 Å². The molecule has 0 spiro atoms. The molecule has 0 saturated heterocycles. The van der Waals surface area contributed by atoms with Gasteiger partial charge in [0.15, 0.2) is 25.3 Å². The molecule has 27 heavy (non-hydrogen) atoms. The quantitative estimate of drug-likeness (QED) is 0.427. The number of aliphatic hydroxyl groups excluding tert-OH is 1. The van der Waals surface area contributed by atoms with E-state index in [1.807, 2.05) is 12.1 Å². The molecule has 1 aromatic heterocycles. The number of alkyl halides is 4. The Balaban J connectivity index is 1.63. The van der Waals surface area contributed by atoms with Gasteiger partial charge in [0.2, 0.25) is 0 Å². The molecule has 4 nitrogen and oxygen atoms in total. The van der Waals surface area contributed by atoms with Gasteiger partial charge in [-0.25, -0.2) is 4.98 Å². The van der Waals surface area contributed by atoms with E-state index in [-0.39, 0.29) is 5.41 Å². The number of halogens is 4. The lowest BCUT2D eigenvalue weighted by Crippen LogP contribution is -2.10. The molecular weight excluding hydrogens is 472 g/mol. The number of aromatic nitrogens is 1. The molecule has 0 aliphatic heterocycles. The highest BCUT2D eigenvalue weighted by molar-refractivity contribution is 14.1. The van der Waals surface area contributed by atoms with Crippen LogP contribution in [-0.2, 0) is 9.25 Å². The van der Waals surface area contributed by atoms with Crippen LogP contribution in [0.25, 0.3) is 0 Å². The lowest BCUT2D eigenvalue weighted by Gasteiger charge is -2.09. The van der Waals surface area contributed by atoms with E-state index >= 15 is 0 Å². The Labute approximate surface area is 165 Å². The van der Waals surface area contributed by atoms with Crippen molar-refractivity contribution in [3.05, 3.63) is 59.4 Å². The van der Waals surface area contributed by atoms with Crippen LogP contribution in [0.3, 0.4) is 0 Å². The van der Waals surface area contributed by atoms with Gasteiger partial charge in [0.05, 0.1) is 11.9 Å². The van der Waals surface area contributed by atoms with Crippen molar-refractivity contribution in [1.29, 1.82) is 0 Å². The van der Waals surface area contributed by atoms with Gasteiger partial charge in [0.25, 0.3) is 0 Å². The number of hydrogen-bond donors (Lipinski definition) is 2. The third-order valence-electron chi connectivity index (χ3n) is 5.29. The topological polar surface area (TPSA) is 62.2 Å². The molecule has 1 heterocycles. The highest BCUT2D eigenvalue weighted by atomic mass is 127. The number of pyridine rings is 1. The van der Waals surface area contributed by atoms with Crippen LogP contribution in [0, 0.1) is 11.3 Å². The summed E-state index contributed by atoms with van der Waals surface area (Å²) in [4.78, 5) is 3.46. The van der Waals surface area contributed by atoms with Crippen molar-refractivity contribution in [2.75, 3.05) is 11.9 Å². The van der Waals surface area contributed by atoms with Crippen LogP contribution in [0.15, 0.2) is 42.6 Å². The number of nitrogens with one attached hydrogen (secondary N) is 1. The molecule has 0 radical (unpaired) electrons. The van der Waals surface area contributed by atoms with E-state index in [4.69, 9.17) is 0 Å². The predicted octanol–water partition coefficient (Wildman–Crippen LogP) is 5.26. The Morgan fingerprint density at radius 3 is 2.41 bits per heavy atom. The fourth-order valence-corrected chi connectivity index (χ4v) is 4.30. The Kier molecular flexibility index (Phi) is 5.58. The summed E-state index contributed by atoms with van der Waals surface area (Å²) >= 11 is -1.50. The van der Waals surface area contributed by atoms with Crippen LogP contribution in [0.5, 0.6) is 0 Å². The van der Waals surface area contributed by atoms with Gasteiger partial charge < -0.3 is 10.4 Å². The van der Waals surface area contributed by atoms with Gasteiger partial charge in [0.1, 0.15) is 5.69 Å². The second kappa shape index (κ2) is 7.46. The highest BCUT2D eigenvalue weighted by Gasteiger charge is 2.57. The fourth-order valence-electron chi connectivity index (χ4n) is 3.59. The van der Waals surface area contributed by atoms with Gasteiger partial charge in [0, 0.05) is 6.54 Å². The van der Waals surface area contributed by atoms with E-state index in [2.05, 4.69) is 24.1 Å². The summed E-state index contributed by atoms with van der Waals surface area (Å²) in [7, 11) is 0. The van der Waals surface area contributed by atoms with E-state index in [1.165, 1.54) is 12.3 Å². The number of aliphatic hydroxyl groups is 1. The van der Waals surface area contributed by atoms with Crippen LogP contribution < -0.4 is 5.32 Å². The maximum atomic E-state index is 12.6. The minimum Gasteiger partial charge on any atom is -0.383 e. The van der Waals surface area contributed by atoms with E-state index in [0.717, 1.165) is 11.6 Å². The molecule has 1 aliphatic rings. The lowest BCUT2D eigenvalue weighted by atomic mass is 10.0. The Hall–Kier alpha value is -1.55. The van der Waals surface area contributed by atoms with Crippen molar-refractivity contribution in [1.82, 2.24) is 4.98 Å². The summed E-state index contributed by atoms with van der Waals surface area (Å²) in [6.07, 6.45) is -3.23. The van der Waals surface area contributed by atoms with E-state index in [0.29, 0.717) is 29.6 Å². The van der Waals surface area contributed by atoms with Crippen molar-refractivity contribution >= 4 is 26.9 Å². The molecule has 0 amide bonds. The summed E-state index contributed by atoms with van der Waals surface area (Å²) in [5, 5.41) is 12.8. The molecule has 2 N–H and O–H groups in total. The summed E-state index contributed by atoms with van der Waals surface area (Å²) < 4.78 is 47.7. The van der Waals surface area contributed by atoms with Crippen molar-refractivity contribution in [2.24, 2.45) is 11.3 Å². The lowest BCUT2D eigenvalue weighted by molar-refractivity contribution is -0.141. The molecule has 1 aliphatic carbocycles. The van der Waals surface area contributed by atoms with Crippen molar-refractivity contribution in [3.8, 4) is 0 Å². The molecule has 1 saturated carbocycles. The maximum absolute atomic E-state index is 12.6. The summed E-state index contributed by atoms with van der Waals surface area (Å²) in [5.41, 5.74) is 1.50. The average molecular weight is 492 g/mol. The molecule has 3 atom stereocenters. The van der Waals surface area contributed by atoms with Crippen LogP contribution >= 0.6 is 21.2 Å². The monoisotopic (exact) mass is 492 g/mol.